The molecule has 0 radical (unpaired) electrons. The Bertz CT molecular complexity index is 3140. The summed E-state index contributed by atoms with van der Waals surface area (Å²) in [7, 11) is 0. The van der Waals surface area contributed by atoms with E-state index in [4.69, 9.17) is 0 Å². The summed E-state index contributed by atoms with van der Waals surface area (Å²) >= 11 is 1.93. The van der Waals surface area contributed by atoms with Crippen molar-refractivity contribution in [3.8, 4) is 22.3 Å². The number of nitrogens with zero attached hydrogens (tertiary/aromatic N) is 1. The van der Waals surface area contributed by atoms with Gasteiger partial charge in [0, 0.05) is 42.5 Å². The number of thiophene rings is 1. The third-order valence-corrected chi connectivity index (χ3v) is 13.0. The van der Waals surface area contributed by atoms with Crippen LogP contribution in [0.5, 0.6) is 0 Å². The molecule has 1 spiro atoms. The van der Waals surface area contributed by atoms with Crippen molar-refractivity contribution in [2.24, 2.45) is 0 Å². The first-order valence-corrected chi connectivity index (χ1v) is 19.2. The fourth-order valence-electron chi connectivity index (χ4n) is 9.68. The predicted octanol–water partition coefficient (Wildman–Crippen LogP) is 14.2. The summed E-state index contributed by atoms with van der Waals surface area (Å²) < 4.78 is 2.72. The summed E-state index contributed by atoms with van der Waals surface area (Å²) in [5, 5.41) is 7.60. The van der Waals surface area contributed by atoms with Crippen molar-refractivity contribution in [1.82, 2.24) is 0 Å². The van der Waals surface area contributed by atoms with Gasteiger partial charge in [0.1, 0.15) is 0 Å². The van der Waals surface area contributed by atoms with Crippen LogP contribution < -0.4 is 4.90 Å². The van der Waals surface area contributed by atoms with E-state index in [1.54, 1.807) is 0 Å². The van der Waals surface area contributed by atoms with Crippen molar-refractivity contribution in [3.63, 3.8) is 0 Å². The quantitative estimate of drug-likeness (QED) is 0.178. The van der Waals surface area contributed by atoms with E-state index in [0.717, 1.165) is 11.4 Å². The molecule has 2 aliphatic carbocycles. The van der Waals surface area contributed by atoms with Crippen molar-refractivity contribution in [2.45, 2.75) is 5.41 Å². The van der Waals surface area contributed by atoms with E-state index in [1.807, 2.05) is 11.3 Å². The number of hydrogen-bond donors (Lipinski definition) is 0. The number of anilines is 3. The van der Waals surface area contributed by atoms with E-state index >= 15 is 0 Å². The molecule has 9 aromatic carbocycles. The minimum Gasteiger partial charge on any atom is -0.310 e. The predicted molar refractivity (Wildman–Crippen MR) is 225 cm³/mol. The maximum absolute atomic E-state index is 2.51. The molecular formula is C51H31NS. The highest BCUT2D eigenvalue weighted by molar-refractivity contribution is 7.26. The lowest BCUT2D eigenvalue weighted by Crippen LogP contribution is -2.26. The van der Waals surface area contributed by atoms with Crippen LogP contribution in [0.4, 0.5) is 17.1 Å². The standard InChI is InChI=1S/C51H31NS/c1-2-14-34-30-35(25-24-32(34)12-1)52(47-22-11-15-33-13-3-4-16-37(33)47)36-26-27-39-38-17-5-8-20-43(38)51(46(39)31-36)44-21-9-6-19-42(44)49-45(51)29-28-41-40-18-7-10-23-48(40)53-50(41)49/h1-31H. The van der Waals surface area contributed by atoms with Gasteiger partial charge >= 0.3 is 0 Å². The lowest BCUT2D eigenvalue weighted by molar-refractivity contribution is 0.794. The Morgan fingerprint density at radius 2 is 1.02 bits per heavy atom. The van der Waals surface area contributed by atoms with E-state index in [1.165, 1.54) is 91.9 Å². The van der Waals surface area contributed by atoms with E-state index in [0.29, 0.717) is 0 Å². The number of rotatable bonds is 3. The van der Waals surface area contributed by atoms with Gasteiger partial charge in [-0.2, -0.15) is 0 Å². The molecule has 0 bridgehead atoms. The fraction of sp³-hybridized carbons (Fsp3) is 0.0196. The van der Waals surface area contributed by atoms with Gasteiger partial charge in [0.2, 0.25) is 0 Å². The lowest BCUT2D eigenvalue weighted by Gasteiger charge is -2.32. The highest BCUT2D eigenvalue weighted by Crippen LogP contribution is 2.65. The third kappa shape index (κ3) is 3.86. The third-order valence-electron chi connectivity index (χ3n) is 11.8. The lowest BCUT2D eigenvalue weighted by atomic mass is 9.70. The Morgan fingerprint density at radius 1 is 0.377 bits per heavy atom. The van der Waals surface area contributed by atoms with Crippen LogP contribution in [0.25, 0.3) is 64.0 Å². The minimum atomic E-state index is -0.452. The van der Waals surface area contributed by atoms with Gasteiger partial charge in [-0.05, 0) is 91.5 Å². The van der Waals surface area contributed by atoms with Gasteiger partial charge in [0.15, 0.2) is 0 Å². The SMILES string of the molecule is c1ccc2c(c1)-c1ccc(N(c3ccc4ccccc4c3)c3cccc4ccccc34)cc1C21c2ccccc2-c2c1ccc1c2sc2ccccc21. The average molecular weight is 690 g/mol. The molecule has 0 saturated heterocycles. The molecule has 1 unspecified atom stereocenters. The Kier molecular flexibility index (Phi) is 5.92. The Hall–Kier alpha value is -6.48. The smallest absolute Gasteiger partial charge is 0.0726 e. The van der Waals surface area contributed by atoms with Crippen molar-refractivity contribution < 1.29 is 0 Å². The molecule has 0 saturated carbocycles. The Labute approximate surface area is 311 Å². The highest BCUT2D eigenvalue weighted by atomic mass is 32.1. The molecule has 0 amide bonds. The summed E-state index contributed by atoms with van der Waals surface area (Å²) in [5.74, 6) is 0. The first kappa shape index (κ1) is 29.1. The van der Waals surface area contributed by atoms with Gasteiger partial charge in [-0.15, -0.1) is 11.3 Å². The van der Waals surface area contributed by atoms with Crippen molar-refractivity contribution in [3.05, 3.63) is 210 Å². The molecule has 1 atom stereocenters. The second-order valence-corrected chi connectivity index (χ2v) is 15.5. The van der Waals surface area contributed by atoms with Crippen LogP contribution in [0.3, 0.4) is 0 Å². The summed E-state index contributed by atoms with van der Waals surface area (Å²) in [6.45, 7) is 0. The van der Waals surface area contributed by atoms with Crippen LogP contribution in [0.2, 0.25) is 0 Å². The Balaban J connectivity index is 1.18. The first-order valence-electron chi connectivity index (χ1n) is 18.3. The zero-order chi connectivity index (χ0) is 34.7. The second kappa shape index (κ2) is 10.8. The van der Waals surface area contributed by atoms with Crippen molar-refractivity contribution >= 4 is 70.1 Å². The van der Waals surface area contributed by atoms with Gasteiger partial charge in [-0.1, -0.05) is 152 Å². The number of fused-ring (bicyclic) bond motifs is 16. The molecule has 53 heavy (non-hydrogen) atoms. The molecule has 2 aliphatic rings. The topological polar surface area (TPSA) is 3.24 Å². The second-order valence-electron chi connectivity index (χ2n) is 14.4. The summed E-state index contributed by atoms with van der Waals surface area (Å²) in [6, 6.07) is 70.2. The molecule has 246 valence electrons. The molecule has 10 aromatic rings. The maximum Gasteiger partial charge on any atom is 0.0726 e. The van der Waals surface area contributed by atoms with E-state index < -0.39 is 5.41 Å². The van der Waals surface area contributed by atoms with Crippen LogP contribution in [0, 0.1) is 0 Å². The monoisotopic (exact) mass is 689 g/mol. The van der Waals surface area contributed by atoms with Crippen LogP contribution in [0.15, 0.2) is 188 Å². The molecule has 2 heteroatoms. The van der Waals surface area contributed by atoms with Gasteiger partial charge in [0.25, 0.3) is 0 Å². The van der Waals surface area contributed by atoms with E-state index in [-0.39, 0.29) is 0 Å². The zero-order valence-corrected chi connectivity index (χ0v) is 29.6. The van der Waals surface area contributed by atoms with Gasteiger partial charge < -0.3 is 4.90 Å². The zero-order valence-electron chi connectivity index (χ0n) is 28.8. The largest absolute Gasteiger partial charge is 0.310 e. The molecule has 1 nitrogen and oxygen atoms in total. The molecular weight excluding hydrogens is 659 g/mol. The van der Waals surface area contributed by atoms with Crippen LogP contribution >= 0.6 is 11.3 Å². The average Bonchev–Trinajstić information content (AvgIpc) is 3.85. The van der Waals surface area contributed by atoms with Crippen molar-refractivity contribution in [2.75, 3.05) is 4.90 Å². The van der Waals surface area contributed by atoms with Crippen LogP contribution in [-0.4, -0.2) is 0 Å². The number of hydrogen-bond acceptors (Lipinski definition) is 2. The maximum atomic E-state index is 2.51. The molecule has 1 heterocycles. The van der Waals surface area contributed by atoms with Crippen LogP contribution in [-0.2, 0) is 5.41 Å². The number of benzene rings is 9. The van der Waals surface area contributed by atoms with Gasteiger partial charge in [-0.3, -0.25) is 0 Å². The van der Waals surface area contributed by atoms with E-state index in [2.05, 4.69) is 193 Å². The molecule has 0 aliphatic heterocycles. The molecule has 0 N–H and O–H groups in total. The van der Waals surface area contributed by atoms with Crippen molar-refractivity contribution in [1.29, 1.82) is 0 Å². The van der Waals surface area contributed by atoms with Crippen LogP contribution in [0.1, 0.15) is 22.3 Å². The molecule has 12 rings (SSSR count). The summed E-state index contributed by atoms with van der Waals surface area (Å²) in [4.78, 5) is 2.47. The minimum absolute atomic E-state index is 0.452. The highest BCUT2D eigenvalue weighted by Gasteiger charge is 2.52. The summed E-state index contributed by atoms with van der Waals surface area (Å²) in [6.07, 6.45) is 0. The molecule has 1 aromatic heterocycles. The Morgan fingerprint density at radius 3 is 1.91 bits per heavy atom. The van der Waals surface area contributed by atoms with Gasteiger partial charge in [-0.25, -0.2) is 0 Å². The summed E-state index contributed by atoms with van der Waals surface area (Å²) in [5.41, 5.74) is 13.8. The molecule has 0 fully saturated rings. The fourth-order valence-corrected chi connectivity index (χ4v) is 10.9. The first-order chi connectivity index (χ1) is 26.3. The normalized spacial score (nSPS) is 15.2. The van der Waals surface area contributed by atoms with Gasteiger partial charge in [0.05, 0.1) is 11.1 Å². The van der Waals surface area contributed by atoms with E-state index in [9.17, 15) is 0 Å².